The lowest BCUT2D eigenvalue weighted by atomic mass is 9.44. The van der Waals surface area contributed by atoms with Crippen molar-refractivity contribution in [3.8, 4) is 0 Å². The van der Waals surface area contributed by atoms with Gasteiger partial charge in [0.05, 0.1) is 0 Å². The second-order valence-corrected chi connectivity index (χ2v) is 12.3. The Morgan fingerprint density at radius 1 is 0.967 bits per heavy atom. The van der Waals surface area contributed by atoms with E-state index in [1.54, 1.807) is 0 Å². The van der Waals surface area contributed by atoms with Crippen molar-refractivity contribution < 1.29 is 4.79 Å². The van der Waals surface area contributed by atoms with E-state index in [0.717, 1.165) is 40.6 Å². The van der Waals surface area contributed by atoms with Crippen LogP contribution in [0.15, 0.2) is 18.2 Å². The third kappa shape index (κ3) is 2.92. The molecular weight excluding hydrogens is 413 g/mol. The van der Waals surface area contributed by atoms with Gasteiger partial charge in [-0.1, -0.05) is 44.0 Å². The van der Waals surface area contributed by atoms with Crippen LogP contribution >= 0.6 is 23.2 Å². The zero-order valence-electron chi connectivity index (χ0n) is 18.8. The Balaban J connectivity index is 1.49. The average molecular weight is 448 g/mol. The number of carbonyl (C=O) groups is 1. The van der Waals surface area contributed by atoms with Crippen LogP contribution in [0.25, 0.3) is 0 Å². The molecule has 0 radical (unpaired) electrons. The van der Waals surface area contributed by atoms with Gasteiger partial charge in [-0.3, -0.25) is 4.79 Å². The van der Waals surface area contributed by atoms with Crippen molar-refractivity contribution in [1.82, 2.24) is 4.90 Å². The maximum atomic E-state index is 12.5. The Morgan fingerprint density at radius 2 is 1.63 bits per heavy atom. The minimum absolute atomic E-state index is 0.276. The summed E-state index contributed by atoms with van der Waals surface area (Å²) in [6.45, 7) is 7.54. The van der Waals surface area contributed by atoms with Gasteiger partial charge in [-0.25, -0.2) is 0 Å². The van der Waals surface area contributed by atoms with Gasteiger partial charge < -0.3 is 4.90 Å². The zero-order chi connectivity index (χ0) is 21.4. The fraction of sp³-hybridized carbons (Fsp3) is 0.731. The minimum atomic E-state index is 0.276. The van der Waals surface area contributed by atoms with Crippen molar-refractivity contribution in [3.05, 3.63) is 33.8 Å². The predicted molar refractivity (Wildman–Crippen MR) is 124 cm³/mol. The number of piperidine rings is 1. The molecule has 0 aromatic heterocycles. The van der Waals surface area contributed by atoms with Crippen LogP contribution in [0.1, 0.15) is 77.2 Å². The molecule has 0 spiro atoms. The lowest BCUT2D eigenvalue weighted by molar-refractivity contribution is -0.165. The topological polar surface area (TPSA) is 20.3 Å². The SMILES string of the molecule is CC1CC2N(C)C(=O)CC[C@]2(C)[C@@H]2CC[C@]3(C)C(c4cc(Cl)cc(Cl)c4)CC[C@H]3[C@H]12. The highest BCUT2D eigenvalue weighted by Gasteiger charge is 2.62. The summed E-state index contributed by atoms with van der Waals surface area (Å²) in [5.74, 6) is 3.84. The number of hydrogen-bond acceptors (Lipinski definition) is 1. The van der Waals surface area contributed by atoms with Crippen LogP contribution in [-0.4, -0.2) is 23.9 Å². The average Bonchev–Trinajstić information content (AvgIpc) is 3.03. The molecule has 0 bridgehead atoms. The quantitative estimate of drug-likeness (QED) is 0.445. The number of likely N-dealkylation sites (tertiary alicyclic amines) is 1. The first-order valence-electron chi connectivity index (χ1n) is 11.9. The molecule has 8 atom stereocenters. The Morgan fingerprint density at radius 3 is 2.33 bits per heavy atom. The van der Waals surface area contributed by atoms with E-state index in [1.165, 1.54) is 37.7 Å². The van der Waals surface area contributed by atoms with Crippen molar-refractivity contribution in [1.29, 1.82) is 0 Å². The van der Waals surface area contributed by atoms with Crippen molar-refractivity contribution >= 4 is 29.1 Å². The van der Waals surface area contributed by atoms with Crippen molar-refractivity contribution in [2.45, 2.75) is 77.7 Å². The summed E-state index contributed by atoms with van der Waals surface area (Å²) in [6.07, 6.45) is 8.10. The van der Waals surface area contributed by atoms with E-state index in [9.17, 15) is 4.79 Å². The molecule has 30 heavy (non-hydrogen) atoms. The van der Waals surface area contributed by atoms with Crippen molar-refractivity contribution in [3.63, 3.8) is 0 Å². The molecule has 1 aromatic carbocycles. The van der Waals surface area contributed by atoms with E-state index >= 15 is 0 Å². The molecule has 1 saturated heterocycles. The molecule has 0 N–H and O–H groups in total. The number of hydrogen-bond donors (Lipinski definition) is 0. The number of rotatable bonds is 1. The van der Waals surface area contributed by atoms with Crippen molar-refractivity contribution in [2.75, 3.05) is 7.05 Å². The highest BCUT2D eigenvalue weighted by atomic mass is 35.5. The van der Waals surface area contributed by atoms with Gasteiger partial charge in [-0.05, 0) is 103 Å². The van der Waals surface area contributed by atoms with Crippen LogP contribution in [-0.2, 0) is 4.79 Å². The molecule has 2 nitrogen and oxygen atoms in total. The fourth-order valence-corrected chi connectivity index (χ4v) is 9.33. The molecular formula is C26H35Cl2NO. The summed E-state index contributed by atoms with van der Waals surface area (Å²) in [4.78, 5) is 14.6. The maximum Gasteiger partial charge on any atom is 0.222 e. The standard InChI is InChI=1S/C26H35Cl2NO/c1-15-11-22-26(3,10-8-23(30)29(22)4)21-7-9-25(2)19(5-6-20(25)24(15)21)16-12-17(27)14-18(28)13-16/h12-15,19-22,24H,5-11H2,1-4H3/t15?,19?,20-,21+,22?,24-,25+,26+/m0/s1. The molecule has 1 aromatic rings. The van der Waals surface area contributed by atoms with E-state index in [1.807, 2.05) is 6.07 Å². The second kappa shape index (κ2) is 7.14. The monoisotopic (exact) mass is 447 g/mol. The van der Waals surface area contributed by atoms with Gasteiger partial charge in [0, 0.05) is 29.6 Å². The molecule has 3 saturated carbocycles. The first-order valence-corrected chi connectivity index (χ1v) is 12.6. The van der Waals surface area contributed by atoms with Crippen LogP contribution in [0.5, 0.6) is 0 Å². The molecule has 164 valence electrons. The van der Waals surface area contributed by atoms with Crippen LogP contribution in [0.4, 0.5) is 0 Å². The number of halogens is 2. The van der Waals surface area contributed by atoms with Gasteiger partial charge in [0.2, 0.25) is 5.91 Å². The molecule has 1 aliphatic heterocycles. The van der Waals surface area contributed by atoms with E-state index < -0.39 is 0 Å². The Labute approximate surface area is 191 Å². The maximum absolute atomic E-state index is 12.5. The predicted octanol–water partition coefficient (Wildman–Crippen LogP) is 7.19. The Kier molecular flexibility index (Phi) is 5.03. The molecule has 5 rings (SSSR count). The fourth-order valence-electron chi connectivity index (χ4n) is 8.79. The van der Waals surface area contributed by atoms with Gasteiger partial charge in [0.1, 0.15) is 0 Å². The van der Waals surface area contributed by atoms with Crippen LogP contribution in [0.2, 0.25) is 10.0 Å². The minimum Gasteiger partial charge on any atom is -0.342 e. The third-order valence-corrected chi connectivity index (χ3v) is 10.7. The summed E-state index contributed by atoms with van der Waals surface area (Å²) in [6, 6.07) is 6.58. The molecule has 4 aliphatic rings. The number of nitrogens with zero attached hydrogens (tertiary/aromatic N) is 1. The number of fused-ring (bicyclic) bond motifs is 5. The lowest BCUT2D eigenvalue weighted by Crippen LogP contribution is -2.63. The van der Waals surface area contributed by atoms with Crippen LogP contribution in [0, 0.1) is 34.5 Å². The van der Waals surface area contributed by atoms with Gasteiger partial charge in [0.15, 0.2) is 0 Å². The van der Waals surface area contributed by atoms with Crippen molar-refractivity contribution in [2.24, 2.45) is 34.5 Å². The first-order chi connectivity index (χ1) is 14.1. The van der Waals surface area contributed by atoms with Crippen LogP contribution in [0.3, 0.4) is 0 Å². The second-order valence-electron chi connectivity index (χ2n) is 11.4. The smallest absolute Gasteiger partial charge is 0.222 e. The zero-order valence-corrected chi connectivity index (χ0v) is 20.3. The summed E-state index contributed by atoms with van der Waals surface area (Å²) in [5.41, 5.74) is 1.94. The molecule has 4 fully saturated rings. The molecule has 1 heterocycles. The van der Waals surface area contributed by atoms with Crippen LogP contribution < -0.4 is 0 Å². The summed E-state index contributed by atoms with van der Waals surface area (Å²) < 4.78 is 0. The summed E-state index contributed by atoms with van der Waals surface area (Å²) >= 11 is 12.8. The Bertz CT molecular complexity index is 850. The van der Waals surface area contributed by atoms with Gasteiger partial charge in [-0.15, -0.1) is 0 Å². The molecule has 4 heteroatoms. The summed E-state index contributed by atoms with van der Waals surface area (Å²) in [5, 5.41) is 1.52. The number of benzene rings is 1. The van der Waals surface area contributed by atoms with E-state index in [2.05, 4.69) is 44.9 Å². The normalized spacial score (nSPS) is 45.7. The molecule has 3 unspecified atom stereocenters. The Hall–Kier alpha value is -0.730. The molecule has 3 aliphatic carbocycles. The highest BCUT2D eigenvalue weighted by Crippen LogP contribution is 2.69. The van der Waals surface area contributed by atoms with Gasteiger partial charge in [0.25, 0.3) is 0 Å². The van der Waals surface area contributed by atoms with Gasteiger partial charge >= 0.3 is 0 Å². The number of carbonyl (C=O) groups excluding carboxylic acids is 1. The van der Waals surface area contributed by atoms with Gasteiger partial charge in [-0.2, -0.15) is 0 Å². The first kappa shape index (κ1) is 21.1. The van der Waals surface area contributed by atoms with E-state index in [0.29, 0.717) is 29.2 Å². The van der Waals surface area contributed by atoms with E-state index in [-0.39, 0.29) is 5.41 Å². The highest BCUT2D eigenvalue weighted by molar-refractivity contribution is 6.34. The summed E-state index contributed by atoms with van der Waals surface area (Å²) in [7, 11) is 2.05. The van der Waals surface area contributed by atoms with E-state index in [4.69, 9.17) is 23.2 Å². The molecule has 1 amide bonds. The largest absolute Gasteiger partial charge is 0.342 e. The number of amides is 1. The lowest BCUT2D eigenvalue weighted by Gasteiger charge is -2.63. The third-order valence-electron chi connectivity index (χ3n) is 10.2.